The molecule has 0 aliphatic carbocycles. The Morgan fingerprint density at radius 3 is 0.952 bits per heavy atom. The fourth-order valence-electron chi connectivity index (χ4n) is 9.41. The zero-order chi connectivity index (χ0) is 45.8. The Morgan fingerprint density at radius 1 is 0.397 bits per heavy atom. The number of aliphatic hydroxyl groups excluding tert-OH is 9. The standard InChI is InChI=1S/C45H54O15S3/c46-22-30-34(49)37(52)40(55,19-25-11-4-1-5-12-25)43(61,58-30)28-17-10-18-29(44(62)41(56,20-26-13-6-2-7-14-26)38(53)35(50)31(23-47)59-44)33(28)45(63)42(57,21-27-15-8-3-9-16-27)39(54)36(51)32(24-48)60-45/h1-18,30-32,34-39,46-57,61-63H,19-24H2/t30-,31-,32-,34-,35-,36-,37+,38+,39+,40-,41-,42-,43-,44-,45-/m1/s1. The molecule has 4 aromatic carbocycles. The number of benzene rings is 4. The van der Waals surface area contributed by atoms with Gasteiger partial charge in [0.2, 0.25) is 0 Å². The third-order valence-electron chi connectivity index (χ3n) is 12.9. The van der Waals surface area contributed by atoms with Crippen molar-refractivity contribution in [2.75, 3.05) is 19.8 Å². The van der Waals surface area contributed by atoms with E-state index >= 15 is 0 Å². The van der Waals surface area contributed by atoms with Crippen LogP contribution in [0.15, 0.2) is 109 Å². The molecule has 0 saturated carbocycles. The van der Waals surface area contributed by atoms with Gasteiger partial charge in [0.05, 0.1) is 19.8 Å². The van der Waals surface area contributed by atoms with Gasteiger partial charge in [0.15, 0.2) is 14.8 Å². The van der Waals surface area contributed by atoms with Crippen molar-refractivity contribution in [3.8, 4) is 0 Å². The topological polar surface area (TPSA) is 270 Å². The minimum absolute atomic E-state index is 0.367. The quantitative estimate of drug-likeness (QED) is 0.0776. The molecule has 3 fully saturated rings. The molecule has 3 aliphatic rings. The highest BCUT2D eigenvalue weighted by Crippen LogP contribution is 2.61. The average molecular weight is 931 g/mol. The van der Waals surface area contributed by atoms with Crippen molar-refractivity contribution in [3.05, 3.63) is 143 Å². The Labute approximate surface area is 380 Å². The summed E-state index contributed by atoms with van der Waals surface area (Å²) in [5.74, 6) is 0. The lowest BCUT2D eigenvalue weighted by Crippen LogP contribution is -2.74. The Hall–Kier alpha value is -2.67. The van der Waals surface area contributed by atoms with E-state index in [1.165, 1.54) is 18.2 Å². The van der Waals surface area contributed by atoms with Gasteiger partial charge in [-0.3, -0.25) is 0 Å². The largest absolute Gasteiger partial charge is 0.394 e. The lowest BCUT2D eigenvalue weighted by molar-refractivity contribution is -0.302. The highest BCUT2D eigenvalue weighted by molar-refractivity contribution is 7.82. The Kier molecular flexibility index (Phi) is 13.9. The summed E-state index contributed by atoms with van der Waals surface area (Å²) in [4.78, 5) is -8.08. The molecule has 4 aromatic rings. The summed E-state index contributed by atoms with van der Waals surface area (Å²) in [7, 11) is 0. The Balaban J connectivity index is 1.62. The molecule has 63 heavy (non-hydrogen) atoms. The van der Waals surface area contributed by atoms with E-state index < -0.39 is 131 Å². The zero-order valence-corrected chi connectivity index (χ0v) is 36.4. The van der Waals surface area contributed by atoms with E-state index in [4.69, 9.17) is 52.1 Å². The van der Waals surface area contributed by atoms with Crippen LogP contribution in [0.2, 0.25) is 0 Å². The van der Waals surface area contributed by atoms with Gasteiger partial charge in [-0.25, -0.2) is 0 Å². The van der Waals surface area contributed by atoms with Gasteiger partial charge in [-0.15, -0.1) is 37.9 Å². The lowest BCUT2D eigenvalue weighted by Gasteiger charge is -2.60. The van der Waals surface area contributed by atoms with E-state index in [-0.39, 0.29) is 11.1 Å². The molecule has 342 valence electrons. The van der Waals surface area contributed by atoms with Crippen LogP contribution in [0.3, 0.4) is 0 Å². The van der Waals surface area contributed by atoms with Crippen molar-refractivity contribution < 1.29 is 75.5 Å². The summed E-state index contributed by atoms with van der Waals surface area (Å²) in [5.41, 5.74) is -8.25. The summed E-state index contributed by atoms with van der Waals surface area (Å²) in [6.07, 6.45) is -18.9. The zero-order valence-electron chi connectivity index (χ0n) is 33.8. The highest BCUT2D eigenvalue weighted by Gasteiger charge is 2.71. The first kappa shape index (κ1) is 48.3. The smallest absolute Gasteiger partial charge is 0.169 e. The fraction of sp³-hybridized carbons (Fsp3) is 0.467. The van der Waals surface area contributed by atoms with Crippen molar-refractivity contribution in [1.29, 1.82) is 0 Å². The number of hydrogen-bond acceptors (Lipinski definition) is 18. The third-order valence-corrected chi connectivity index (χ3v) is 15.1. The van der Waals surface area contributed by atoms with Crippen LogP contribution in [0.25, 0.3) is 0 Å². The second-order valence-electron chi connectivity index (χ2n) is 16.7. The van der Waals surface area contributed by atoms with E-state index in [9.17, 15) is 61.3 Å². The van der Waals surface area contributed by atoms with Crippen LogP contribution in [0.5, 0.6) is 0 Å². The molecule has 0 amide bonds. The average Bonchev–Trinajstić information content (AvgIpc) is 3.29. The monoisotopic (exact) mass is 930 g/mol. The molecule has 15 atom stereocenters. The van der Waals surface area contributed by atoms with Gasteiger partial charge < -0.3 is 75.5 Å². The van der Waals surface area contributed by atoms with Gasteiger partial charge in [-0.1, -0.05) is 109 Å². The predicted molar refractivity (Wildman–Crippen MR) is 236 cm³/mol. The number of ether oxygens (including phenoxy) is 3. The molecule has 0 aromatic heterocycles. The SMILES string of the molecule is OC[C@H]1O[C@@](S)(c2cccc([C@]3(S)O[C@H](CO)[C@@H](O)[C@H](O)[C@]3(O)Cc3ccccc3)c2[C@]2(S)O[C@H](CO)[C@@H](O)[C@H](O)[C@]2(O)Cc2ccccc2)[C@@](O)(Cc2ccccc2)[C@@H](O)[C@@H]1O. The maximum Gasteiger partial charge on any atom is 0.169 e. The molecule has 0 bridgehead atoms. The molecule has 12 N–H and O–H groups in total. The van der Waals surface area contributed by atoms with Crippen molar-refractivity contribution in [1.82, 2.24) is 0 Å². The van der Waals surface area contributed by atoms with Crippen molar-refractivity contribution >= 4 is 37.9 Å². The minimum Gasteiger partial charge on any atom is -0.394 e. The number of hydrogen-bond donors (Lipinski definition) is 15. The Bertz CT molecular complexity index is 2080. The first-order chi connectivity index (χ1) is 29.8. The van der Waals surface area contributed by atoms with Crippen LogP contribution in [0.4, 0.5) is 0 Å². The van der Waals surface area contributed by atoms with Crippen molar-refractivity contribution in [2.24, 2.45) is 0 Å². The summed E-state index contributed by atoms with van der Waals surface area (Å²) in [5, 5.41) is 142. The second kappa shape index (κ2) is 18.2. The second-order valence-corrected chi connectivity index (χ2v) is 18.6. The molecular formula is C45H54O15S3. The summed E-state index contributed by atoms with van der Waals surface area (Å²) in [6, 6.07) is 28.7. The predicted octanol–water partition coefficient (Wildman–Crippen LogP) is -0.806. The fourth-order valence-corrected chi connectivity index (χ4v) is 11.1. The summed E-state index contributed by atoms with van der Waals surface area (Å²) in [6.45, 7) is -2.81. The van der Waals surface area contributed by atoms with Gasteiger partial charge in [0, 0.05) is 36.0 Å². The van der Waals surface area contributed by atoms with Crippen LogP contribution in [0.1, 0.15) is 33.4 Å². The van der Waals surface area contributed by atoms with Gasteiger partial charge in [-0.2, -0.15) is 0 Å². The molecule has 7 rings (SSSR count). The molecule has 3 aliphatic heterocycles. The van der Waals surface area contributed by atoms with Crippen LogP contribution < -0.4 is 0 Å². The maximum atomic E-state index is 13.3. The summed E-state index contributed by atoms with van der Waals surface area (Å²) < 4.78 is 19.3. The van der Waals surface area contributed by atoms with Crippen molar-refractivity contribution in [3.63, 3.8) is 0 Å². The molecule has 18 heteroatoms. The normalized spacial score (nSPS) is 40.7. The van der Waals surface area contributed by atoms with Gasteiger partial charge in [0.25, 0.3) is 0 Å². The molecule has 3 heterocycles. The number of rotatable bonds is 12. The third kappa shape index (κ3) is 7.78. The molecule has 0 unspecified atom stereocenters. The van der Waals surface area contributed by atoms with Crippen LogP contribution >= 0.6 is 37.9 Å². The van der Waals surface area contributed by atoms with E-state index in [1.54, 1.807) is 91.0 Å². The maximum absolute atomic E-state index is 13.3. The highest BCUT2D eigenvalue weighted by atomic mass is 32.1. The minimum atomic E-state index is -2.80. The molecule has 0 spiro atoms. The van der Waals surface area contributed by atoms with E-state index in [2.05, 4.69) is 0 Å². The van der Waals surface area contributed by atoms with Crippen LogP contribution in [-0.4, -0.2) is 153 Å². The lowest BCUT2D eigenvalue weighted by atomic mass is 9.67. The molecular weight excluding hydrogens is 877 g/mol. The molecule has 3 saturated heterocycles. The van der Waals surface area contributed by atoms with E-state index in [0.29, 0.717) is 16.7 Å². The van der Waals surface area contributed by atoms with Crippen molar-refractivity contribution in [2.45, 2.75) is 106 Å². The van der Waals surface area contributed by atoms with Crippen LogP contribution in [0, 0.1) is 0 Å². The van der Waals surface area contributed by atoms with E-state index in [0.717, 1.165) is 0 Å². The number of thiol groups is 3. The van der Waals surface area contributed by atoms with Gasteiger partial charge in [-0.05, 0) is 16.7 Å². The molecule has 15 nitrogen and oxygen atoms in total. The Morgan fingerprint density at radius 2 is 0.667 bits per heavy atom. The first-order valence-electron chi connectivity index (χ1n) is 20.3. The van der Waals surface area contributed by atoms with Crippen LogP contribution in [-0.2, 0) is 48.3 Å². The first-order valence-corrected chi connectivity index (χ1v) is 21.7. The molecule has 0 radical (unpaired) electrons. The number of aliphatic hydroxyl groups is 12. The van der Waals surface area contributed by atoms with Gasteiger partial charge >= 0.3 is 0 Å². The summed E-state index contributed by atoms with van der Waals surface area (Å²) >= 11 is 15.1. The van der Waals surface area contributed by atoms with E-state index in [1.807, 2.05) is 0 Å². The van der Waals surface area contributed by atoms with Gasteiger partial charge in [0.1, 0.15) is 71.7 Å².